The molecule has 0 unspecified atom stereocenters. The Labute approximate surface area is 97.7 Å². The summed E-state index contributed by atoms with van der Waals surface area (Å²) in [5, 5.41) is 0. The summed E-state index contributed by atoms with van der Waals surface area (Å²) in [6, 6.07) is 9.27. The van der Waals surface area contributed by atoms with Crippen LogP contribution in [0.2, 0.25) is 0 Å². The second kappa shape index (κ2) is 4.45. The van der Waals surface area contributed by atoms with Crippen molar-refractivity contribution < 1.29 is 13.6 Å². The van der Waals surface area contributed by atoms with Crippen molar-refractivity contribution in [2.24, 2.45) is 0 Å². The van der Waals surface area contributed by atoms with Gasteiger partial charge in [0, 0.05) is 11.1 Å². The summed E-state index contributed by atoms with van der Waals surface area (Å²) in [4.78, 5) is 12.0. The number of carbonyl (C=O) groups excluding carboxylic acids is 1. The molecule has 0 radical (unpaired) electrons. The predicted octanol–water partition coefficient (Wildman–Crippen LogP) is 3.50. The van der Waals surface area contributed by atoms with E-state index in [1.807, 2.05) is 0 Å². The van der Waals surface area contributed by atoms with Crippen molar-refractivity contribution in [2.45, 2.75) is 6.92 Å². The molecule has 0 spiro atoms. The van der Waals surface area contributed by atoms with Crippen LogP contribution in [0, 0.1) is 18.6 Å². The highest BCUT2D eigenvalue weighted by Gasteiger charge is 2.12. The number of rotatable bonds is 2. The van der Waals surface area contributed by atoms with Crippen LogP contribution in [-0.4, -0.2) is 5.78 Å². The van der Waals surface area contributed by atoms with E-state index >= 15 is 0 Å². The minimum absolute atomic E-state index is 0.234. The number of ketones is 1. The lowest BCUT2D eigenvalue weighted by molar-refractivity contribution is 0.103. The first-order valence-corrected chi connectivity index (χ1v) is 5.14. The van der Waals surface area contributed by atoms with Crippen LogP contribution >= 0.6 is 0 Å². The molecule has 3 heteroatoms. The molecule has 0 atom stereocenters. The molecule has 0 aliphatic rings. The van der Waals surface area contributed by atoms with Gasteiger partial charge in [0.2, 0.25) is 0 Å². The quantitative estimate of drug-likeness (QED) is 0.724. The molecule has 0 aromatic heterocycles. The predicted molar refractivity (Wildman–Crippen MR) is 61.0 cm³/mol. The fourth-order valence-electron chi connectivity index (χ4n) is 1.64. The number of aryl methyl sites for hydroxylation is 1. The average molecular weight is 232 g/mol. The molecule has 0 amide bonds. The topological polar surface area (TPSA) is 17.1 Å². The third-order valence-corrected chi connectivity index (χ3v) is 2.54. The van der Waals surface area contributed by atoms with Gasteiger partial charge in [0.05, 0.1) is 0 Å². The van der Waals surface area contributed by atoms with Gasteiger partial charge in [-0.15, -0.1) is 0 Å². The zero-order chi connectivity index (χ0) is 12.4. The van der Waals surface area contributed by atoms with Crippen molar-refractivity contribution in [2.75, 3.05) is 0 Å². The summed E-state index contributed by atoms with van der Waals surface area (Å²) in [7, 11) is 0. The largest absolute Gasteiger partial charge is 0.289 e. The molecule has 0 saturated heterocycles. The molecule has 2 rings (SSSR count). The maximum Gasteiger partial charge on any atom is 0.193 e. The van der Waals surface area contributed by atoms with Crippen molar-refractivity contribution in [3.8, 4) is 0 Å². The lowest BCUT2D eigenvalue weighted by atomic mass is 9.99. The van der Waals surface area contributed by atoms with Crippen LogP contribution in [-0.2, 0) is 0 Å². The normalized spacial score (nSPS) is 10.3. The van der Waals surface area contributed by atoms with Crippen LogP contribution in [0.1, 0.15) is 21.5 Å². The van der Waals surface area contributed by atoms with E-state index in [0.717, 1.165) is 0 Å². The van der Waals surface area contributed by atoms with Gasteiger partial charge >= 0.3 is 0 Å². The molecule has 0 aliphatic carbocycles. The number of benzene rings is 2. The Morgan fingerprint density at radius 1 is 0.941 bits per heavy atom. The van der Waals surface area contributed by atoms with E-state index in [9.17, 15) is 13.6 Å². The van der Waals surface area contributed by atoms with Crippen LogP contribution in [0.25, 0.3) is 0 Å². The van der Waals surface area contributed by atoms with Gasteiger partial charge in [0.15, 0.2) is 5.78 Å². The van der Waals surface area contributed by atoms with Gasteiger partial charge in [-0.25, -0.2) is 8.78 Å². The maximum atomic E-state index is 12.9. The Balaban J connectivity index is 2.40. The Morgan fingerprint density at radius 2 is 1.53 bits per heavy atom. The zero-order valence-corrected chi connectivity index (χ0v) is 9.21. The minimum atomic E-state index is -0.391. The molecule has 0 fully saturated rings. The van der Waals surface area contributed by atoms with E-state index in [0.29, 0.717) is 16.7 Å². The van der Waals surface area contributed by atoms with Crippen LogP contribution in [0.3, 0.4) is 0 Å². The summed E-state index contributed by atoms with van der Waals surface area (Å²) in [5.41, 5.74) is 1.39. The molecule has 1 nitrogen and oxygen atoms in total. The SMILES string of the molecule is Cc1cc(F)ccc1C(=O)c1ccc(F)cc1. The molecule has 17 heavy (non-hydrogen) atoms. The summed E-state index contributed by atoms with van der Waals surface area (Å²) >= 11 is 0. The fourth-order valence-corrected chi connectivity index (χ4v) is 1.64. The minimum Gasteiger partial charge on any atom is -0.289 e. The van der Waals surface area contributed by atoms with E-state index in [4.69, 9.17) is 0 Å². The molecule has 0 aliphatic heterocycles. The van der Waals surface area contributed by atoms with Gasteiger partial charge in [-0.2, -0.15) is 0 Å². The molecule has 2 aromatic rings. The van der Waals surface area contributed by atoms with E-state index in [2.05, 4.69) is 0 Å². The third kappa shape index (κ3) is 2.38. The summed E-state index contributed by atoms with van der Waals surface area (Å²) in [5.74, 6) is -1.00. The monoisotopic (exact) mass is 232 g/mol. The highest BCUT2D eigenvalue weighted by Crippen LogP contribution is 2.15. The first kappa shape index (κ1) is 11.5. The lowest BCUT2D eigenvalue weighted by Gasteiger charge is -2.05. The second-order valence-electron chi connectivity index (χ2n) is 3.80. The number of carbonyl (C=O) groups is 1. The molecule has 0 saturated carbocycles. The molecule has 2 aromatic carbocycles. The first-order chi connectivity index (χ1) is 8.08. The number of hydrogen-bond donors (Lipinski definition) is 0. The number of halogens is 2. The van der Waals surface area contributed by atoms with Crippen LogP contribution in [0.5, 0.6) is 0 Å². The Hall–Kier alpha value is -2.03. The molecule has 86 valence electrons. The third-order valence-electron chi connectivity index (χ3n) is 2.54. The number of hydrogen-bond acceptors (Lipinski definition) is 1. The van der Waals surface area contributed by atoms with Gasteiger partial charge < -0.3 is 0 Å². The first-order valence-electron chi connectivity index (χ1n) is 5.14. The highest BCUT2D eigenvalue weighted by molar-refractivity contribution is 6.09. The smallest absolute Gasteiger partial charge is 0.193 e. The van der Waals surface area contributed by atoms with Gasteiger partial charge in [0.1, 0.15) is 11.6 Å². The second-order valence-corrected chi connectivity index (χ2v) is 3.80. The van der Waals surface area contributed by atoms with Crippen molar-refractivity contribution in [3.63, 3.8) is 0 Å². The van der Waals surface area contributed by atoms with Crippen LogP contribution in [0.4, 0.5) is 8.78 Å². The Kier molecular flexibility index (Phi) is 3.00. The average Bonchev–Trinajstić information content (AvgIpc) is 2.29. The standard InChI is InChI=1S/C14H10F2O/c1-9-8-12(16)6-7-13(9)14(17)10-2-4-11(15)5-3-10/h2-8H,1H3. The van der Waals surface area contributed by atoms with Crippen molar-refractivity contribution in [1.82, 2.24) is 0 Å². The summed E-state index contributed by atoms with van der Waals surface area (Å²) < 4.78 is 25.6. The summed E-state index contributed by atoms with van der Waals surface area (Å²) in [6.07, 6.45) is 0. The molecule has 0 N–H and O–H groups in total. The van der Waals surface area contributed by atoms with Crippen molar-refractivity contribution >= 4 is 5.78 Å². The fraction of sp³-hybridized carbons (Fsp3) is 0.0714. The van der Waals surface area contributed by atoms with Crippen LogP contribution in [0.15, 0.2) is 42.5 Å². The van der Waals surface area contributed by atoms with Crippen LogP contribution < -0.4 is 0 Å². The Morgan fingerprint density at radius 3 is 2.12 bits per heavy atom. The van der Waals surface area contributed by atoms with E-state index < -0.39 is 5.82 Å². The molecular weight excluding hydrogens is 222 g/mol. The molecular formula is C14H10F2O. The zero-order valence-electron chi connectivity index (χ0n) is 9.21. The van der Waals surface area contributed by atoms with Gasteiger partial charge in [-0.1, -0.05) is 0 Å². The van der Waals surface area contributed by atoms with E-state index in [1.54, 1.807) is 6.92 Å². The maximum absolute atomic E-state index is 12.9. The van der Waals surface area contributed by atoms with Gasteiger partial charge in [-0.3, -0.25) is 4.79 Å². The lowest BCUT2D eigenvalue weighted by Crippen LogP contribution is -2.04. The summed E-state index contributed by atoms with van der Waals surface area (Å²) in [6.45, 7) is 1.67. The van der Waals surface area contributed by atoms with Crippen molar-refractivity contribution in [1.29, 1.82) is 0 Å². The van der Waals surface area contributed by atoms with Crippen molar-refractivity contribution in [3.05, 3.63) is 70.8 Å². The van der Waals surface area contributed by atoms with Gasteiger partial charge in [0.25, 0.3) is 0 Å². The van der Waals surface area contributed by atoms with Gasteiger partial charge in [-0.05, 0) is 55.0 Å². The Bertz CT molecular complexity index is 559. The molecule has 0 bridgehead atoms. The highest BCUT2D eigenvalue weighted by atomic mass is 19.1. The van der Waals surface area contributed by atoms with E-state index in [1.165, 1.54) is 42.5 Å². The molecule has 0 heterocycles. The van der Waals surface area contributed by atoms with E-state index in [-0.39, 0.29) is 11.6 Å².